The number of hydrogen-bond donors (Lipinski definition) is 2. The molecule has 2 atom stereocenters. The van der Waals surface area contributed by atoms with Crippen molar-refractivity contribution in [2.75, 3.05) is 52.0 Å². The number of aliphatic hydroxyl groups excluding tert-OH is 1. The van der Waals surface area contributed by atoms with Crippen molar-refractivity contribution in [1.29, 1.82) is 0 Å². The van der Waals surface area contributed by atoms with Crippen LogP contribution in [0.15, 0.2) is 30.5 Å². The third-order valence-corrected chi connectivity index (χ3v) is 7.99. The van der Waals surface area contributed by atoms with Gasteiger partial charge < -0.3 is 39.2 Å². The number of amides is 3. The number of piperidine rings is 1. The van der Waals surface area contributed by atoms with E-state index in [-0.39, 0.29) is 49.9 Å². The molecule has 45 heavy (non-hydrogen) atoms. The number of aliphatic hydroxyl groups is 1. The first-order valence-electron chi connectivity index (χ1n) is 15.6. The summed E-state index contributed by atoms with van der Waals surface area (Å²) < 4.78 is 23.9. The van der Waals surface area contributed by atoms with E-state index in [0.29, 0.717) is 42.4 Å². The lowest BCUT2D eigenvalue weighted by Gasteiger charge is -2.39. The van der Waals surface area contributed by atoms with Gasteiger partial charge >= 0.3 is 12.0 Å². The second-order valence-corrected chi connectivity index (χ2v) is 13.6. The van der Waals surface area contributed by atoms with Crippen molar-refractivity contribution >= 4 is 35.2 Å². The van der Waals surface area contributed by atoms with Crippen LogP contribution in [-0.2, 0) is 23.8 Å². The molecule has 3 amide bonds. The number of likely N-dealkylation sites (tertiary alicyclic amines) is 1. The number of methoxy groups -OCH3 is 2. The zero-order chi connectivity index (χ0) is 33.1. The predicted molar refractivity (Wildman–Crippen MR) is 169 cm³/mol. The molecule has 3 aliphatic rings. The van der Waals surface area contributed by atoms with Gasteiger partial charge in [-0.25, -0.2) is 4.79 Å². The van der Waals surface area contributed by atoms with Gasteiger partial charge in [-0.1, -0.05) is 6.58 Å². The van der Waals surface area contributed by atoms with Crippen molar-refractivity contribution in [2.24, 2.45) is 11.8 Å². The van der Waals surface area contributed by atoms with Crippen LogP contribution in [0.25, 0.3) is 0 Å². The highest BCUT2D eigenvalue weighted by Crippen LogP contribution is 2.42. The van der Waals surface area contributed by atoms with E-state index < -0.39 is 29.1 Å². The summed E-state index contributed by atoms with van der Waals surface area (Å²) in [5.41, 5.74) is 0.0554. The Balaban J connectivity index is 1.65. The fraction of sp³-hybridized carbons (Fsp3) is 0.636. The van der Waals surface area contributed by atoms with Gasteiger partial charge in [0.05, 0.1) is 30.7 Å². The molecule has 0 aromatic heterocycles. The first-order valence-corrected chi connectivity index (χ1v) is 15.6. The van der Waals surface area contributed by atoms with Crippen LogP contribution in [0.4, 0.5) is 16.2 Å². The van der Waals surface area contributed by atoms with E-state index in [1.54, 1.807) is 46.6 Å². The number of fused-ring (bicyclic) bond motifs is 1. The lowest BCUT2D eigenvalue weighted by Crippen LogP contribution is -2.53. The van der Waals surface area contributed by atoms with E-state index in [1.165, 1.54) is 12.0 Å². The Morgan fingerprint density at radius 1 is 1.16 bits per heavy atom. The molecule has 1 saturated heterocycles. The fourth-order valence-corrected chi connectivity index (χ4v) is 5.78. The van der Waals surface area contributed by atoms with E-state index in [4.69, 9.17) is 18.9 Å². The summed E-state index contributed by atoms with van der Waals surface area (Å²) in [5.74, 6) is -1.12. The summed E-state index contributed by atoms with van der Waals surface area (Å²) in [5, 5.41) is 13.9. The molecule has 0 unspecified atom stereocenters. The van der Waals surface area contributed by atoms with Crippen molar-refractivity contribution in [3.05, 3.63) is 30.5 Å². The lowest BCUT2D eigenvalue weighted by atomic mass is 9.87. The van der Waals surface area contributed by atoms with Gasteiger partial charge in [-0.05, 0) is 66.0 Å². The van der Waals surface area contributed by atoms with Gasteiger partial charge in [0.25, 0.3) is 5.69 Å². The SMILES string of the molecule is C=C(COC)NC(=O)[C@H]1C[C@@H](C(=O)N(c2ccc3c(c2)[N+](CCCOC)=C(O)C(C)(C)O3)C2CC2)CN(C(=O)OC(C)(C)C)C1. The zero-order valence-corrected chi connectivity index (χ0v) is 27.7. The third-order valence-electron chi connectivity index (χ3n) is 7.99. The molecular weight excluding hydrogens is 580 g/mol. The minimum Gasteiger partial charge on any atom is -0.466 e. The van der Waals surface area contributed by atoms with Crippen molar-refractivity contribution in [3.8, 4) is 5.75 Å². The van der Waals surface area contributed by atoms with E-state index in [9.17, 15) is 19.5 Å². The Morgan fingerprint density at radius 2 is 1.84 bits per heavy atom. The molecule has 1 aromatic carbocycles. The summed E-state index contributed by atoms with van der Waals surface area (Å²) >= 11 is 0. The van der Waals surface area contributed by atoms with Crippen LogP contribution in [0.2, 0.25) is 0 Å². The Hall–Kier alpha value is -3.64. The number of hydrogen-bond acceptors (Lipinski definition) is 7. The van der Waals surface area contributed by atoms with Gasteiger partial charge in [-0.15, -0.1) is 0 Å². The molecule has 2 heterocycles. The van der Waals surface area contributed by atoms with Crippen LogP contribution >= 0.6 is 0 Å². The summed E-state index contributed by atoms with van der Waals surface area (Å²) in [6.07, 6.45) is 2.04. The molecule has 0 bridgehead atoms. The number of carbonyl (C=O) groups excluding carboxylic acids is 3. The highest BCUT2D eigenvalue weighted by molar-refractivity contribution is 5.98. The van der Waals surface area contributed by atoms with E-state index in [0.717, 1.165) is 12.8 Å². The van der Waals surface area contributed by atoms with Crippen molar-refractivity contribution in [2.45, 2.75) is 77.5 Å². The Labute approximate surface area is 265 Å². The molecule has 12 heteroatoms. The average Bonchev–Trinajstić information content (AvgIpc) is 3.79. The topological polar surface area (TPSA) is 130 Å². The third kappa shape index (κ3) is 8.35. The maximum absolute atomic E-state index is 14.4. The second-order valence-electron chi connectivity index (χ2n) is 13.6. The first kappa shape index (κ1) is 34.2. The molecule has 12 nitrogen and oxygen atoms in total. The monoisotopic (exact) mass is 629 g/mol. The molecule has 2 fully saturated rings. The molecule has 4 rings (SSSR count). The van der Waals surface area contributed by atoms with Gasteiger partial charge in [0.1, 0.15) is 5.60 Å². The highest BCUT2D eigenvalue weighted by atomic mass is 16.6. The zero-order valence-electron chi connectivity index (χ0n) is 27.7. The molecule has 0 spiro atoms. The number of anilines is 1. The number of nitrogens with zero attached hydrogens (tertiary/aromatic N) is 3. The van der Waals surface area contributed by atoms with Crippen LogP contribution in [0.1, 0.15) is 60.3 Å². The van der Waals surface area contributed by atoms with Gasteiger partial charge in [-0.3, -0.25) is 9.59 Å². The molecule has 248 valence electrons. The first-order chi connectivity index (χ1) is 21.1. The minimum atomic E-state index is -0.926. The molecule has 2 aliphatic heterocycles. The minimum absolute atomic E-state index is 0.0123. The number of carbonyl (C=O) groups is 3. The van der Waals surface area contributed by atoms with Crippen molar-refractivity contribution < 1.29 is 43.0 Å². The Kier molecular flexibility index (Phi) is 10.5. The standard InChI is InChI=1S/C33H48N4O8/c1-21(20-43-8)34-28(38)22-16-23(19-35(18-22)31(41)45-32(2,3)4)29(39)37(24-10-11-24)25-12-13-27-26(17-25)36(14-9-15-42-7)30(40)33(5,6)44-27/h12-13,17,22-24H,1,9-11,14-16,18-20H2,2-8H3,(H,34,38)/p+1/t22-,23+/m0/s1. The summed E-state index contributed by atoms with van der Waals surface area (Å²) in [4.78, 5) is 44.2. The molecule has 0 radical (unpaired) electrons. The fourth-order valence-electron chi connectivity index (χ4n) is 5.78. The quantitative estimate of drug-likeness (QED) is 0.276. The molecule has 1 aliphatic carbocycles. The maximum Gasteiger partial charge on any atom is 0.410 e. The van der Waals surface area contributed by atoms with Gasteiger partial charge in [0.2, 0.25) is 17.4 Å². The Bertz CT molecular complexity index is 1330. The predicted octanol–water partition coefficient (Wildman–Crippen LogP) is 4.14. The summed E-state index contributed by atoms with van der Waals surface area (Å²) in [6, 6.07) is 5.55. The van der Waals surface area contributed by atoms with Crippen LogP contribution < -0.4 is 15.0 Å². The van der Waals surface area contributed by atoms with E-state index in [2.05, 4.69) is 11.9 Å². The molecule has 2 N–H and O–H groups in total. The number of rotatable bonds is 11. The van der Waals surface area contributed by atoms with Crippen LogP contribution in [0, 0.1) is 11.8 Å². The maximum atomic E-state index is 14.4. The summed E-state index contributed by atoms with van der Waals surface area (Å²) in [6.45, 7) is 14.2. The molecule has 1 aromatic rings. The smallest absolute Gasteiger partial charge is 0.410 e. The highest BCUT2D eigenvalue weighted by Gasteiger charge is 2.46. The number of nitrogens with one attached hydrogen (secondary N) is 1. The Morgan fingerprint density at radius 3 is 2.47 bits per heavy atom. The average molecular weight is 630 g/mol. The van der Waals surface area contributed by atoms with E-state index >= 15 is 0 Å². The van der Waals surface area contributed by atoms with Gasteiger partial charge in [0.15, 0.2) is 12.3 Å². The van der Waals surface area contributed by atoms with Crippen LogP contribution in [-0.4, -0.2) is 103 Å². The van der Waals surface area contributed by atoms with Crippen molar-refractivity contribution in [1.82, 2.24) is 10.2 Å². The molecular formula is C33H49N4O8+. The van der Waals surface area contributed by atoms with E-state index in [1.807, 2.05) is 22.8 Å². The second kappa shape index (κ2) is 13.8. The number of ether oxygens (including phenoxy) is 4. The largest absolute Gasteiger partial charge is 0.466 e. The normalized spacial score (nSPS) is 21.0. The van der Waals surface area contributed by atoms with Crippen LogP contribution in [0.3, 0.4) is 0 Å². The molecule has 1 saturated carbocycles. The summed E-state index contributed by atoms with van der Waals surface area (Å²) in [7, 11) is 3.15. The van der Waals surface area contributed by atoms with Gasteiger partial charge in [0, 0.05) is 51.5 Å². The van der Waals surface area contributed by atoms with Crippen molar-refractivity contribution in [3.63, 3.8) is 0 Å². The van der Waals surface area contributed by atoms with Gasteiger partial charge in [-0.2, -0.15) is 4.58 Å². The number of benzene rings is 1. The van der Waals surface area contributed by atoms with Crippen LogP contribution in [0.5, 0.6) is 5.75 Å². The lowest BCUT2D eigenvalue weighted by molar-refractivity contribution is -0.462.